The molecule has 0 radical (unpaired) electrons. The van der Waals surface area contributed by atoms with Crippen LogP contribution in [-0.2, 0) is 16.1 Å². The smallest absolute Gasteiger partial charge is 0.258 e. The van der Waals surface area contributed by atoms with Gasteiger partial charge in [0.05, 0.1) is 5.69 Å². The molecule has 1 heterocycles. The summed E-state index contributed by atoms with van der Waals surface area (Å²) >= 11 is 0. The third-order valence-corrected chi connectivity index (χ3v) is 7.49. The zero-order valence-electron chi connectivity index (χ0n) is 20.8. The summed E-state index contributed by atoms with van der Waals surface area (Å²) in [5.41, 5.74) is 2.62. The van der Waals surface area contributed by atoms with Gasteiger partial charge in [-0.1, -0.05) is 67.4 Å². The molecular weight excluding hydrogens is 450 g/mol. The number of hydrogen-bond acceptors (Lipinski definition) is 3. The van der Waals surface area contributed by atoms with E-state index in [0.717, 1.165) is 53.3 Å². The molecule has 5 rings (SSSR count). The molecule has 2 aliphatic rings. The molecule has 3 amide bonds. The van der Waals surface area contributed by atoms with Crippen molar-refractivity contribution in [1.82, 2.24) is 10.2 Å². The maximum Gasteiger partial charge on any atom is 0.258 e. The van der Waals surface area contributed by atoms with Crippen molar-refractivity contribution < 1.29 is 14.4 Å². The molecule has 0 saturated heterocycles. The van der Waals surface area contributed by atoms with E-state index < -0.39 is 6.04 Å². The number of anilines is 1. The highest BCUT2D eigenvalue weighted by Gasteiger charge is 2.31. The number of carbonyl (C=O) groups is 3. The SMILES string of the molecule is CC(C(=O)NC1CCCC1)N(Cc1ccccc1)C(=O)CCCN1C(=O)c2cccc3cccc1c23. The minimum atomic E-state index is -0.565. The Hall–Kier alpha value is -3.67. The van der Waals surface area contributed by atoms with Crippen molar-refractivity contribution in [3.8, 4) is 0 Å². The summed E-state index contributed by atoms with van der Waals surface area (Å²) in [5, 5.41) is 5.18. The van der Waals surface area contributed by atoms with E-state index in [2.05, 4.69) is 5.32 Å². The number of hydrogen-bond donors (Lipinski definition) is 1. The van der Waals surface area contributed by atoms with Crippen molar-refractivity contribution in [3.63, 3.8) is 0 Å². The number of nitrogens with one attached hydrogen (secondary N) is 1. The van der Waals surface area contributed by atoms with E-state index in [9.17, 15) is 14.4 Å². The van der Waals surface area contributed by atoms with Crippen molar-refractivity contribution in [2.24, 2.45) is 0 Å². The van der Waals surface area contributed by atoms with Gasteiger partial charge in [-0.25, -0.2) is 0 Å². The Labute approximate surface area is 212 Å². The molecule has 1 N–H and O–H groups in total. The number of nitrogens with zero attached hydrogens (tertiary/aromatic N) is 2. The molecule has 1 fully saturated rings. The van der Waals surface area contributed by atoms with Crippen LogP contribution in [0, 0.1) is 0 Å². The van der Waals surface area contributed by atoms with E-state index in [-0.39, 0.29) is 30.2 Å². The van der Waals surface area contributed by atoms with Gasteiger partial charge < -0.3 is 15.1 Å². The first-order chi connectivity index (χ1) is 17.5. The van der Waals surface area contributed by atoms with Crippen LogP contribution in [0.2, 0.25) is 0 Å². The number of benzene rings is 3. The van der Waals surface area contributed by atoms with Crippen LogP contribution < -0.4 is 10.2 Å². The van der Waals surface area contributed by atoms with Crippen molar-refractivity contribution in [2.45, 2.75) is 64.1 Å². The zero-order chi connectivity index (χ0) is 25.1. The third-order valence-electron chi connectivity index (χ3n) is 7.49. The molecule has 36 heavy (non-hydrogen) atoms. The molecule has 186 valence electrons. The normalized spacial score (nSPS) is 15.9. The molecule has 1 atom stereocenters. The van der Waals surface area contributed by atoms with Crippen molar-refractivity contribution in [1.29, 1.82) is 0 Å². The highest BCUT2D eigenvalue weighted by atomic mass is 16.2. The van der Waals surface area contributed by atoms with Crippen LogP contribution in [0.25, 0.3) is 10.8 Å². The molecule has 0 aromatic heterocycles. The van der Waals surface area contributed by atoms with Gasteiger partial charge in [0, 0.05) is 36.5 Å². The average Bonchev–Trinajstić information content (AvgIpc) is 3.51. The monoisotopic (exact) mass is 483 g/mol. The molecule has 0 bridgehead atoms. The predicted molar refractivity (Wildman–Crippen MR) is 142 cm³/mol. The summed E-state index contributed by atoms with van der Waals surface area (Å²) < 4.78 is 0. The summed E-state index contributed by atoms with van der Waals surface area (Å²) in [6.07, 6.45) is 5.08. The lowest BCUT2D eigenvalue weighted by Crippen LogP contribution is -2.49. The van der Waals surface area contributed by atoms with Crippen LogP contribution >= 0.6 is 0 Å². The van der Waals surface area contributed by atoms with Gasteiger partial charge in [0.1, 0.15) is 6.04 Å². The molecule has 1 saturated carbocycles. The molecule has 1 aliphatic heterocycles. The standard InChI is InChI=1S/C30H33N3O3/c1-21(29(35)31-24-14-5-6-15-24)33(20-22-10-3-2-4-11-22)27(34)18-9-19-32-26-17-8-13-23-12-7-16-25(28(23)26)30(32)36/h2-4,7-8,10-13,16-17,21,24H,5-6,9,14-15,18-20H2,1H3,(H,31,35). The number of rotatable bonds is 9. The molecule has 6 nitrogen and oxygen atoms in total. The predicted octanol–water partition coefficient (Wildman–Crippen LogP) is 5.06. The average molecular weight is 484 g/mol. The van der Waals surface area contributed by atoms with Gasteiger partial charge in [0.25, 0.3) is 5.91 Å². The molecule has 6 heteroatoms. The van der Waals surface area contributed by atoms with Gasteiger partial charge in [0.15, 0.2) is 0 Å². The summed E-state index contributed by atoms with van der Waals surface area (Å²) in [5.74, 6) is -0.182. The second kappa shape index (κ2) is 10.5. The largest absolute Gasteiger partial charge is 0.352 e. The highest BCUT2D eigenvalue weighted by molar-refractivity contribution is 6.25. The first kappa shape index (κ1) is 24.0. The van der Waals surface area contributed by atoms with Gasteiger partial charge in [0.2, 0.25) is 11.8 Å². The van der Waals surface area contributed by atoms with Gasteiger partial charge >= 0.3 is 0 Å². The molecule has 1 aliphatic carbocycles. The fraction of sp³-hybridized carbons (Fsp3) is 0.367. The van der Waals surface area contributed by atoms with Crippen LogP contribution in [0.4, 0.5) is 5.69 Å². The van der Waals surface area contributed by atoms with E-state index >= 15 is 0 Å². The van der Waals surface area contributed by atoms with E-state index in [1.165, 1.54) is 0 Å². The summed E-state index contributed by atoms with van der Waals surface area (Å²) in [6.45, 7) is 2.65. The number of amides is 3. The summed E-state index contributed by atoms with van der Waals surface area (Å²) in [7, 11) is 0. The summed E-state index contributed by atoms with van der Waals surface area (Å²) in [4.78, 5) is 43.0. The summed E-state index contributed by atoms with van der Waals surface area (Å²) in [6, 6.07) is 21.2. The van der Waals surface area contributed by atoms with Gasteiger partial charge in [-0.3, -0.25) is 14.4 Å². The fourth-order valence-electron chi connectivity index (χ4n) is 5.49. The van der Waals surface area contributed by atoms with Crippen LogP contribution in [0.3, 0.4) is 0 Å². The Bertz CT molecular complexity index is 1260. The quantitative estimate of drug-likeness (QED) is 0.463. The van der Waals surface area contributed by atoms with Gasteiger partial charge in [-0.05, 0) is 49.3 Å². The molecule has 1 unspecified atom stereocenters. The topological polar surface area (TPSA) is 69.7 Å². The lowest BCUT2D eigenvalue weighted by atomic mass is 10.1. The van der Waals surface area contributed by atoms with E-state index in [1.807, 2.05) is 73.7 Å². The Morgan fingerprint density at radius 3 is 2.47 bits per heavy atom. The van der Waals surface area contributed by atoms with Crippen molar-refractivity contribution in [2.75, 3.05) is 11.4 Å². The number of carbonyl (C=O) groups excluding carboxylic acids is 3. The first-order valence-corrected chi connectivity index (χ1v) is 13.0. The maximum absolute atomic E-state index is 13.4. The molecular formula is C30H33N3O3. The van der Waals surface area contributed by atoms with Crippen LogP contribution in [0.15, 0.2) is 66.7 Å². The molecule has 3 aromatic carbocycles. The van der Waals surface area contributed by atoms with Gasteiger partial charge in [-0.2, -0.15) is 0 Å². The lowest BCUT2D eigenvalue weighted by Gasteiger charge is -2.30. The Morgan fingerprint density at radius 2 is 1.72 bits per heavy atom. The van der Waals surface area contributed by atoms with Crippen LogP contribution in [-0.4, -0.2) is 41.2 Å². The maximum atomic E-state index is 13.4. The van der Waals surface area contributed by atoms with E-state index in [0.29, 0.717) is 19.5 Å². The Morgan fingerprint density at radius 1 is 1.00 bits per heavy atom. The van der Waals surface area contributed by atoms with E-state index in [4.69, 9.17) is 0 Å². The highest BCUT2D eigenvalue weighted by Crippen LogP contribution is 2.37. The second-order valence-electron chi connectivity index (χ2n) is 9.91. The zero-order valence-corrected chi connectivity index (χ0v) is 20.8. The molecule has 3 aromatic rings. The van der Waals surface area contributed by atoms with Crippen molar-refractivity contribution in [3.05, 3.63) is 77.9 Å². The third kappa shape index (κ3) is 4.85. The first-order valence-electron chi connectivity index (χ1n) is 13.0. The molecule has 0 spiro atoms. The Kier molecular flexibility index (Phi) is 7.03. The van der Waals surface area contributed by atoms with Crippen molar-refractivity contribution >= 4 is 34.2 Å². The van der Waals surface area contributed by atoms with Gasteiger partial charge in [-0.15, -0.1) is 0 Å². The fourth-order valence-corrected chi connectivity index (χ4v) is 5.49. The lowest BCUT2D eigenvalue weighted by molar-refractivity contribution is -0.141. The minimum absolute atomic E-state index is 0.0142. The second-order valence-corrected chi connectivity index (χ2v) is 9.91. The Balaban J connectivity index is 1.26. The van der Waals surface area contributed by atoms with Crippen LogP contribution in [0.1, 0.15) is 61.4 Å². The van der Waals surface area contributed by atoms with E-state index in [1.54, 1.807) is 9.80 Å². The minimum Gasteiger partial charge on any atom is -0.352 e. The van der Waals surface area contributed by atoms with Crippen LogP contribution in [0.5, 0.6) is 0 Å².